The number of aryl methyl sites for hydroxylation is 1. The van der Waals surface area contributed by atoms with E-state index in [0.717, 1.165) is 36.8 Å². The Morgan fingerprint density at radius 3 is 2.31 bits per heavy atom. The minimum Gasteiger partial charge on any atom is -0.330 e. The molecule has 0 amide bonds. The van der Waals surface area contributed by atoms with E-state index < -0.39 is 11.6 Å². The molecule has 0 aromatic heterocycles. The molecular weight excluding hydrogens is 208 g/mol. The van der Waals surface area contributed by atoms with Crippen LogP contribution in [0.3, 0.4) is 0 Å². The first-order valence-electron chi connectivity index (χ1n) is 5.75. The van der Waals surface area contributed by atoms with Crippen molar-refractivity contribution in [1.29, 1.82) is 0 Å². The molecule has 1 fully saturated rings. The zero-order chi connectivity index (χ0) is 11.8. The number of halogens is 2. The molecule has 0 atom stereocenters. The first-order chi connectivity index (χ1) is 7.59. The van der Waals surface area contributed by atoms with E-state index in [-0.39, 0.29) is 5.41 Å². The highest BCUT2D eigenvalue weighted by Gasteiger charge is 2.35. The highest BCUT2D eigenvalue weighted by atomic mass is 19.2. The summed E-state index contributed by atoms with van der Waals surface area (Å²) in [5, 5.41) is 0. The van der Waals surface area contributed by atoms with Crippen molar-refractivity contribution in [3.63, 3.8) is 0 Å². The molecule has 3 heteroatoms. The number of benzene rings is 1. The molecule has 0 unspecified atom stereocenters. The van der Waals surface area contributed by atoms with Gasteiger partial charge in [-0.25, -0.2) is 8.78 Å². The molecule has 2 N–H and O–H groups in total. The van der Waals surface area contributed by atoms with Gasteiger partial charge in [0.1, 0.15) is 0 Å². The third-order valence-corrected chi connectivity index (χ3v) is 3.79. The summed E-state index contributed by atoms with van der Waals surface area (Å²) < 4.78 is 26.4. The first-order valence-corrected chi connectivity index (χ1v) is 5.75. The molecule has 0 radical (unpaired) electrons. The van der Waals surface area contributed by atoms with Crippen LogP contribution in [-0.4, -0.2) is 6.54 Å². The molecule has 1 nitrogen and oxygen atoms in total. The molecule has 1 aliphatic rings. The monoisotopic (exact) mass is 225 g/mol. The molecule has 1 aromatic carbocycles. The lowest BCUT2D eigenvalue weighted by Crippen LogP contribution is -2.33. The van der Waals surface area contributed by atoms with E-state index in [4.69, 9.17) is 5.73 Å². The van der Waals surface area contributed by atoms with Crippen LogP contribution in [-0.2, 0) is 5.41 Å². The van der Waals surface area contributed by atoms with Gasteiger partial charge in [-0.2, -0.15) is 0 Å². The number of hydrogen-bond donors (Lipinski definition) is 1. The van der Waals surface area contributed by atoms with Crippen molar-refractivity contribution in [2.24, 2.45) is 5.73 Å². The summed E-state index contributed by atoms with van der Waals surface area (Å²) in [4.78, 5) is 0. The van der Waals surface area contributed by atoms with Crippen molar-refractivity contribution in [3.05, 3.63) is 34.9 Å². The Balaban J connectivity index is 2.50. The van der Waals surface area contributed by atoms with Gasteiger partial charge in [-0.05, 0) is 43.0 Å². The van der Waals surface area contributed by atoms with Gasteiger partial charge in [-0.1, -0.05) is 12.8 Å². The number of nitrogens with two attached hydrogens (primary N) is 1. The molecule has 0 saturated heterocycles. The summed E-state index contributed by atoms with van der Waals surface area (Å²) in [6.07, 6.45) is 4.20. The van der Waals surface area contributed by atoms with E-state index in [1.165, 1.54) is 12.1 Å². The Hall–Kier alpha value is -0.960. The van der Waals surface area contributed by atoms with E-state index in [1.54, 1.807) is 0 Å². The van der Waals surface area contributed by atoms with E-state index in [0.29, 0.717) is 6.54 Å². The van der Waals surface area contributed by atoms with Crippen LogP contribution in [0.5, 0.6) is 0 Å². The van der Waals surface area contributed by atoms with Crippen LogP contribution < -0.4 is 5.73 Å². The molecule has 0 aliphatic heterocycles. The Labute approximate surface area is 94.7 Å². The SMILES string of the molecule is Cc1cc(F)c(F)cc1C1(CN)CCCC1. The molecule has 0 heterocycles. The lowest BCUT2D eigenvalue weighted by atomic mass is 9.77. The third-order valence-electron chi connectivity index (χ3n) is 3.79. The maximum absolute atomic E-state index is 13.3. The fraction of sp³-hybridized carbons (Fsp3) is 0.538. The van der Waals surface area contributed by atoms with Gasteiger partial charge in [0, 0.05) is 12.0 Å². The summed E-state index contributed by atoms with van der Waals surface area (Å²) in [6.45, 7) is 2.34. The van der Waals surface area contributed by atoms with Crippen LogP contribution in [0.1, 0.15) is 36.8 Å². The molecular formula is C13H17F2N. The molecule has 1 aromatic rings. The van der Waals surface area contributed by atoms with Gasteiger partial charge < -0.3 is 5.73 Å². The summed E-state index contributed by atoms with van der Waals surface area (Å²) in [5.41, 5.74) is 7.42. The smallest absolute Gasteiger partial charge is 0.159 e. The lowest BCUT2D eigenvalue weighted by Gasteiger charge is -2.29. The maximum atomic E-state index is 13.3. The van der Waals surface area contributed by atoms with Crippen molar-refractivity contribution in [3.8, 4) is 0 Å². The van der Waals surface area contributed by atoms with Gasteiger partial charge >= 0.3 is 0 Å². The van der Waals surface area contributed by atoms with E-state index >= 15 is 0 Å². The molecule has 1 saturated carbocycles. The summed E-state index contributed by atoms with van der Waals surface area (Å²) >= 11 is 0. The Morgan fingerprint density at radius 1 is 1.19 bits per heavy atom. The van der Waals surface area contributed by atoms with Crippen molar-refractivity contribution in [1.82, 2.24) is 0 Å². The van der Waals surface area contributed by atoms with Crippen molar-refractivity contribution < 1.29 is 8.78 Å². The predicted molar refractivity (Wildman–Crippen MR) is 60.3 cm³/mol. The fourth-order valence-corrected chi connectivity index (χ4v) is 2.85. The van der Waals surface area contributed by atoms with Crippen LogP contribution in [0.25, 0.3) is 0 Å². The average molecular weight is 225 g/mol. The van der Waals surface area contributed by atoms with Crippen molar-refractivity contribution in [2.45, 2.75) is 38.0 Å². The highest BCUT2D eigenvalue weighted by molar-refractivity contribution is 5.36. The molecule has 0 spiro atoms. The molecule has 0 bridgehead atoms. The van der Waals surface area contributed by atoms with Gasteiger partial charge in [0.15, 0.2) is 11.6 Å². The first kappa shape index (κ1) is 11.5. The van der Waals surface area contributed by atoms with Crippen molar-refractivity contribution >= 4 is 0 Å². The van der Waals surface area contributed by atoms with Gasteiger partial charge in [0.25, 0.3) is 0 Å². The highest BCUT2D eigenvalue weighted by Crippen LogP contribution is 2.41. The minimum absolute atomic E-state index is 0.126. The van der Waals surface area contributed by atoms with Crippen molar-refractivity contribution in [2.75, 3.05) is 6.54 Å². The number of rotatable bonds is 2. The van der Waals surface area contributed by atoms with Crippen LogP contribution in [0.2, 0.25) is 0 Å². The quantitative estimate of drug-likeness (QED) is 0.822. The topological polar surface area (TPSA) is 26.0 Å². The summed E-state index contributed by atoms with van der Waals surface area (Å²) in [5.74, 6) is -1.54. The lowest BCUT2D eigenvalue weighted by molar-refractivity contribution is 0.440. The van der Waals surface area contributed by atoms with Gasteiger partial charge in [0.05, 0.1) is 0 Å². The van der Waals surface area contributed by atoms with E-state index in [9.17, 15) is 8.78 Å². The Bertz CT molecular complexity index is 395. The molecule has 16 heavy (non-hydrogen) atoms. The maximum Gasteiger partial charge on any atom is 0.159 e. The third kappa shape index (κ3) is 1.73. The second kappa shape index (κ2) is 4.13. The fourth-order valence-electron chi connectivity index (χ4n) is 2.85. The zero-order valence-electron chi connectivity index (χ0n) is 9.52. The Morgan fingerprint density at radius 2 is 1.75 bits per heavy atom. The minimum atomic E-state index is -0.772. The summed E-state index contributed by atoms with van der Waals surface area (Å²) in [6, 6.07) is 2.61. The van der Waals surface area contributed by atoms with Crippen LogP contribution >= 0.6 is 0 Å². The predicted octanol–water partition coefficient (Wildman–Crippen LogP) is 3.04. The second-order valence-corrected chi connectivity index (χ2v) is 4.77. The average Bonchev–Trinajstić information content (AvgIpc) is 2.73. The largest absolute Gasteiger partial charge is 0.330 e. The molecule has 88 valence electrons. The standard InChI is InChI=1S/C13H17F2N/c1-9-6-11(14)12(15)7-10(9)13(8-16)4-2-3-5-13/h6-7H,2-5,8,16H2,1H3. The summed E-state index contributed by atoms with van der Waals surface area (Å²) in [7, 11) is 0. The molecule has 2 rings (SSSR count). The van der Waals surface area contributed by atoms with E-state index in [2.05, 4.69) is 0 Å². The van der Waals surface area contributed by atoms with Crippen LogP contribution in [0.15, 0.2) is 12.1 Å². The molecule has 1 aliphatic carbocycles. The van der Waals surface area contributed by atoms with Crippen LogP contribution in [0, 0.1) is 18.6 Å². The van der Waals surface area contributed by atoms with Gasteiger partial charge in [0.2, 0.25) is 0 Å². The number of hydrogen-bond acceptors (Lipinski definition) is 1. The zero-order valence-corrected chi connectivity index (χ0v) is 9.52. The van der Waals surface area contributed by atoms with E-state index in [1.807, 2.05) is 6.92 Å². The van der Waals surface area contributed by atoms with Crippen LogP contribution in [0.4, 0.5) is 8.78 Å². The van der Waals surface area contributed by atoms with Gasteiger partial charge in [-0.15, -0.1) is 0 Å². The Kier molecular flexibility index (Phi) is 2.98. The normalized spacial score (nSPS) is 19.0. The second-order valence-electron chi connectivity index (χ2n) is 4.77. The van der Waals surface area contributed by atoms with Gasteiger partial charge in [-0.3, -0.25) is 0 Å².